The van der Waals surface area contributed by atoms with Gasteiger partial charge in [0.25, 0.3) is 10.0 Å². The SMILES string of the molecule is COc1cccc(OC)c1S(=O)(=O)N1CCC[C@H]2CCC[C@H]21. The van der Waals surface area contributed by atoms with E-state index in [0.717, 1.165) is 32.1 Å². The van der Waals surface area contributed by atoms with Gasteiger partial charge >= 0.3 is 0 Å². The Bertz CT molecular complexity index is 621. The maximum atomic E-state index is 13.3. The summed E-state index contributed by atoms with van der Waals surface area (Å²) in [4.78, 5) is 0.160. The average Bonchev–Trinajstić information content (AvgIpc) is 3.02. The van der Waals surface area contributed by atoms with Gasteiger partial charge in [0.1, 0.15) is 11.5 Å². The van der Waals surface area contributed by atoms with Crippen molar-refractivity contribution in [2.45, 2.75) is 43.0 Å². The zero-order valence-electron chi connectivity index (χ0n) is 13.1. The Morgan fingerprint density at radius 2 is 1.68 bits per heavy atom. The van der Waals surface area contributed by atoms with Crippen molar-refractivity contribution in [2.75, 3.05) is 20.8 Å². The van der Waals surface area contributed by atoms with E-state index < -0.39 is 10.0 Å². The van der Waals surface area contributed by atoms with Crippen LogP contribution < -0.4 is 9.47 Å². The van der Waals surface area contributed by atoms with Gasteiger partial charge in [-0.2, -0.15) is 4.31 Å². The van der Waals surface area contributed by atoms with Gasteiger partial charge < -0.3 is 9.47 Å². The molecule has 22 heavy (non-hydrogen) atoms. The lowest BCUT2D eigenvalue weighted by molar-refractivity contribution is 0.201. The van der Waals surface area contributed by atoms with Crippen LogP contribution in [-0.4, -0.2) is 39.5 Å². The Morgan fingerprint density at radius 3 is 2.32 bits per heavy atom. The first-order chi connectivity index (χ1) is 10.6. The van der Waals surface area contributed by atoms with Crippen LogP contribution in [0.1, 0.15) is 32.1 Å². The van der Waals surface area contributed by atoms with Crippen molar-refractivity contribution in [3.63, 3.8) is 0 Å². The van der Waals surface area contributed by atoms with Gasteiger partial charge in [-0.05, 0) is 43.7 Å². The summed E-state index contributed by atoms with van der Waals surface area (Å²) in [6.45, 7) is 0.588. The van der Waals surface area contributed by atoms with Gasteiger partial charge in [-0.1, -0.05) is 12.5 Å². The first-order valence-corrected chi connectivity index (χ1v) is 9.26. The van der Waals surface area contributed by atoms with Gasteiger partial charge in [-0.3, -0.25) is 0 Å². The van der Waals surface area contributed by atoms with Crippen LogP contribution in [0.25, 0.3) is 0 Å². The van der Waals surface area contributed by atoms with Gasteiger partial charge in [0, 0.05) is 12.6 Å². The largest absolute Gasteiger partial charge is 0.495 e. The molecule has 1 saturated heterocycles. The summed E-state index contributed by atoms with van der Waals surface area (Å²) in [6, 6.07) is 5.22. The lowest BCUT2D eigenvalue weighted by atomic mass is 9.94. The van der Waals surface area contributed by atoms with Crippen LogP contribution in [-0.2, 0) is 10.0 Å². The highest BCUT2D eigenvalue weighted by Crippen LogP contribution is 2.42. The van der Waals surface area contributed by atoms with Crippen molar-refractivity contribution in [3.05, 3.63) is 18.2 Å². The zero-order valence-corrected chi connectivity index (χ0v) is 13.9. The first kappa shape index (κ1) is 15.6. The van der Waals surface area contributed by atoms with E-state index in [1.54, 1.807) is 22.5 Å². The second kappa shape index (κ2) is 6.08. The average molecular weight is 325 g/mol. The van der Waals surface area contributed by atoms with Crippen molar-refractivity contribution < 1.29 is 17.9 Å². The van der Waals surface area contributed by atoms with Crippen molar-refractivity contribution in [1.29, 1.82) is 0 Å². The van der Waals surface area contributed by atoms with Crippen LogP contribution in [0.15, 0.2) is 23.1 Å². The first-order valence-electron chi connectivity index (χ1n) is 7.82. The highest BCUT2D eigenvalue weighted by molar-refractivity contribution is 7.89. The third-order valence-corrected chi connectivity index (χ3v) is 6.88. The van der Waals surface area contributed by atoms with Gasteiger partial charge in [0.15, 0.2) is 4.90 Å². The molecular formula is C16H23NO4S. The highest BCUT2D eigenvalue weighted by Gasteiger charge is 2.43. The molecule has 0 unspecified atom stereocenters. The molecule has 0 N–H and O–H groups in total. The molecule has 6 heteroatoms. The monoisotopic (exact) mass is 325 g/mol. The van der Waals surface area contributed by atoms with Crippen molar-refractivity contribution >= 4 is 10.0 Å². The van der Waals surface area contributed by atoms with E-state index in [1.807, 2.05) is 0 Å². The van der Waals surface area contributed by atoms with Crippen LogP contribution in [0.5, 0.6) is 11.5 Å². The van der Waals surface area contributed by atoms with Crippen LogP contribution in [0.3, 0.4) is 0 Å². The van der Waals surface area contributed by atoms with Gasteiger partial charge in [0.05, 0.1) is 14.2 Å². The molecule has 0 amide bonds. The maximum absolute atomic E-state index is 13.3. The van der Waals surface area contributed by atoms with Gasteiger partial charge in [-0.15, -0.1) is 0 Å². The van der Waals surface area contributed by atoms with E-state index in [9.17, 15) is 8.42 Å². The molecule has 2 fully saturated rings. The molecule has 0 radical (unpaired) electrons. The van der Waals surface area contributed by atoms with Crippen LogP contribution in [0, 0.1) is 5.92 Å². The number of hydrogen-bond donors (Lipinski definition) is 0. The summed E-state index contributed by atoms with van der Waals surface area (Å²) in [5.74, 6) is 1.20. The molecule has 1 saturated carbocycles. The van der Waals surface area contributed by atoms with E-state index in [4.69, 9.17) is 9.47 Å². The van der Waals surface area contributed by atoms with Crippen molar-refractivity contribution in [1.82, 2.24) is 4.31 Å². The summed E-state index contributed by atoms with van der Waals surface area (Å²) in [7, 11) is -0.641. The van der Waals surface area contributed by atoms with Gasteiger partial charge in [0.2, 0.25) is 0 Å². The number of piperidine rings is 1. The number of nitrogens with zero attached hydrogens (tertiary/aromatic N) is 1. The minimum absolute atomic E-state index is 0.133. The van der Waals surface area contributed by atoms with E-state index in [-0.39, 0.29) is 10.9 Å². The van der Waals surface area contributed by atoms with Gasteiger partial charge in [-0.25, -0.2) is 8.42 Å². The lowest BCUT2D eigenvalue weighted by Crippen LogP contribution is -2.46. The number of ether oxygens (including phenoxy) is 2. The van der Waals surface area contributed by atoms with Crippen molar-refractivity contribution in [3.8, 4) is 11.5 Å². The predicted molar refractivity (Wildman–Crippen MR) is 83.8 cm³/mol. The third kappa shape index (κ3) is 2.48. The Morgan fingerprint density at radius 1 is 1.05 bits per heavy atom. The van der Waals surface area contributed by atoms with E-state index in [2.05, 4.69) is 0 Å². The summed E-state index contributed by atoms with van der Waals surface area (Å²) >= 11 is 0. The lowest BCUT2D eigenvalue weighted by Gasteiger charge is -2.37. The fourth-order valence-corrected chi connectivity index (χ4v) is 5.94. The number of benzene rings is 1. The minimum atomic E-state index is -3.62. The molecule has 1 aliphatic carbocycles. The topological polar surface area (TPSA) is 55.8 Å². The molecule has 3 rings (SSSR count). The van der Waals surface area contributed by atoms with E-state index in [0.29, 0.717) is 24.0 Å². The summed E-state index contributed by atoms with van der Waals surface area (Å²) in [6.07, 6.45) is 5.28. The molecule has 0 bridgehead atoms. The Hall–Kier alpha value is -1.27. The van der Waals surface area contributed by atoms with E-state index >= 15 is 0 Å². The Balaban J connectivity index is 2.06. The quantitative estimate of drug-likeness (QED) is 0.854. The Labute approximate surface area is 132 Å². The number of hydrogen-bond acceptors (Lipinski definition) is 4. The highest BCUT2D eigenvalue weighted by atomic mass is 32.2. The number of sulfonamides is 1. The second-order valence-electron chi connectivity index (χ2n) is 6.01. The molecular weight excluding hydrogens is 302 g/mol. The molecule has 2 aliphatic rings. The van der Waals surface area contributed by atoms with Crippen LogP contribution in [0.2, 0.25) is 0 Å². The maximum Gasteiger partial charge on any atom is 0.250 e. The smallest absolute Gasteiger partial charge is 0.250 e. The third-order valence-electron chi connectivity index (χ3n) is 4.89. The standard InChI is InChI=1S/C16H23NO4S/c1-20-14-9-4-10-15(21-2)16(14)22(18,19)17-11-5-7-12-6-3-8-13(12)17/h4,9-10,12-13H,3,5-8,11H2,1-2H3/t12-,13-/m1/s1. The molecule has 5 nitrogen and oxygen atoms in total. The van der Waals surface area contributed by atoms with E-state index in [1.165, 1.54) is 14.2 Å². The fourth-order valence-electron chi connectivity index (χ4n) is 3.90. The summed E-state index contributed by atoms with van der Waals surface area (Å²) in [5.41, 5.74) is 0. The summed E-state index contributed by atoms with van der Waals surface area (Å²) in [5, 5.41) is 0. The molecule has 1 aromatic rings. The molecule has 122 valence electrons. The van der Waals surface area contributed by atoms with Crippen molar-refractivity contribution in [2.24, 2.45) is 5.92 Å². The second-order valence-corrected chi connectivity index (χ2v) is 7.84. The molecule has 2 atom stereocenters. The zero-order chi connectivity index (χ0) is 15.7. The fraction of sp³-hybridized carbons (Fsp3) is 0.625. The molecule has 1 aliphatic heterocycles. The molecule has 0 aromatic heterocycles. The molecule has 0 spiro atoms. The number of fused-ring (bicyclic) bond motifs is 1. The van der Waals surface area contributed by atoms with Crippen LogP contribution in [0.4, 0.5) is 0 Å². The molecule has 1 heterocycles. The Kier molecular flexibility index (Phi) is 4.32. The summed E-state index contributed by atoms with van der Waals surface area (Å²) < 4.78 is 38.8. The predicted octanol–water partition coefficient (Wildman–Crippen LogP) is 2.66. The normalized spacial score (nSPS) is 25.7. The number of rotatable bonds is 4. The minimum Gasteiger partial charge on any atom is -0.495 e. The van der Waals surface area contributed by atoms with Crippen LogP contribution >= 0.6 is 0 Å². The molecule has 1 aromatic carbocycles. The number of methoxy groups -OCH3 is 2.